The quantitative estimate of drug-likeness (QED) is 0.490. The predicted molar refractivity (Wildman–Crippen MR) is 65.9 cm³/mol. The average molecular weight is 250 g/mol. The van der Waals surface area contributed by atoms with Crippen molar-refractivity contribution >= 4 is 5.97 Å². The Morgan fingerprint density at radius 2 is 1.94 bits per heavy atom. The van der Waals surface area contributed by atoms with E-state index in [1.807, 2.05) is 6.92 Å². The van der Waals surface area contributed by atoms with Crippen molar-refractivity contribution in [2.45, 2.75) is 63.8 Å². The third-order valence-electron chi connectivity index (χ3n) is 6.28. The average Bonchev–Trinajstić information content (AvgIpc) is 2.95. The van der Waals surface area contributed by atoms with Gasteiger partial charge in [-0.05, 0) is 38.5 Å². The van der Waals surface area contributed by atoms with E-state index in [2.05, 4.69) is 13.8 Å². The molecule has 0 amide bonds. The van der Waals surface area contributed by atoms with Crippen molar-refractivity contribution in [2.24, 2.45) is 23.7 Å². The summed E-state index contributed by atoms with van der Waals surface area (Å²) in [4.78, 5) is 12.1. The molecule has 0 N–H and O–H groups in total. The molecule has 18 heavy (non-hydrogen) atoms. The maximum absolute atomic E-state index is 12.1. The summed E-state index contributed by atoms with van der Waals surface area (Å²) in [7, 11) is 0. The van der Waals surface area contributed by atoms with Crippen LogP contribution in [0.2, 0.25) is 0 Å². The van der Waals surface area contributed by atoms with Crippen molar-refractivity contribution in [3.05, 3.63) is 0 Å². The molecule has 0 aromatic carbocycles. The van der Waals surface area contributed by atoms with Crippen molar-refractivity contribution in [3.8, 4) is 0 Å². The molecule has 0 radical (unpaired) electrons. The first-order valence-electron chi connectivity index (χ1n) is 7.40. The van der Waals surface area contributed by atoms with E-state index in [9.17, 15) is 4.79 Å². The van der Waals surface area contributed by atoms with Gasteiger partial charge in [-0.1, -0.05) is 13.8 Å². The van der Waals surface area contributed by atoms with Crippen LogP contribution in [0.4, 0.5) is 0 Å². The Labute approximate surface area is 108 Å². The van der Waals surface area contributed by atoms with Crippen molar-refractivity contribution in [1.82, 2.24) is 0 Å². The molecular weight excluding hydrogens is 228 g/mol. The van der Waals surface area contributed by atoms with Gasteiger partial charge in [-0.2, -0.15) is 0 Å². The van der Waals surface area contributed by atoms with Crippen molar-refractivity contribution < 1.29 is 14.3 Å². The maximum Gasteiger partial charge on any atom is 0.309 e. The molecule has 0 aromatic heterocycles. The molecule has 2 saturated heterocycles. The fourth-order valence-electron chi connectivity index (χ4n) is 5.20. The van der Waals surface area contributed by atoms with E-state index in [0.717, 1.165) is 19.3 Å². The lowest BCUT2D eigenvalue weighted by Crippen LogP contribution is -2.58. The summed E-state index contributed by atoms with van der Waals surface area (Å²) in [6, 6.07) is 0. The number of carbonyl (C=O) groups excluding carboxylic acids is 1. The zero-order chi connectivity index (χ0) is 12.7. The molecule has 4 fully saturated rings. The van der Waals surface area contributed by atoms with E-state index in [1.54, 1.807) is 0 Å². The molecule has 0 unspecified atom stereocenters. The highest BCUT2D eigenvalue weighted by atomic mass is 16.7. The van der Waals surface area contributed by atoms with Gasteiger partial charge in [-0.25, -0.2) is 0 Å². The highest BCUT2D eigenvalue weighted by molar-refractivity contribution is 5.76. The van der Waals surface area contributed by atoms with Crippen LogP contribution >= 0.6 is 0 Å². The summed E-state index contributed by atoms with van der Waals surface area (Å²) in [5, 5.41) is 0. The van der Waals surface area contributed by atoms with E-state index in [-0.39, 0.29) is 29.2 Å². The number of hydrogen-bond donors (Lipinski definition) is 0. The molecule has 7 atom stereocenters. The fourth-order valence-corrected chi connectivity index (χ4v) is 5.20. The molecule has 2 aliphatic heterocycles. The lowest BCUT2D eigenvalue weighted by atomic mass is 9.55. The Hall–Kier alpha value is -0.570. The third-order valence-corrected chi connectivity index (χ3v) is 6.28. The van der Waals surface area contributed by atoms with E-state index in [0.29, 0.717) is 17.8 Å². The van der Waals surface area contributed by atoms with Crippen molar-refractivity contribution in [1.29, 1.82) is 0 Å². The Morgan fingerprint density at radius 3 is 2.72 bits per heavy atom. The van der Waals surface area contributed by atoms with Crippen LogP contribution in [-0.4, -0.2) is 23.3 Å². The minimum Gasteiger partial charge on any atom is -0.455 e. The third kappa shape index (κ3) is 1.08. The lowest BCUT2D eigenvalue weighted by molar-refractivity contribution is -0.168. The van der Waals surface area contributed by atoms with Crippen molar-refractivity contribution in [2.75, 3.05) is 0 Å². The molecule has 2 aliphatic carbocycles. The smallest absolute Gasteiger partial charge is 0.309 e. The number of rotatable bonds is 0. The SMILES string of the molecule is C[C@@H]1CC[C@H]2[C@@H](C)C(=O)O[C@@]23[C@H]1CC[C@@]1(C)O[C@@H]31. The van der Waals surface area contributed by atoms with Gasteiger partial charge in [0.1, 0.15) is 11.7 Å². The Bertz CT molecular complexity index is 420. The van der Waals surface area contributed by atoms with Gasteiger partial charge in [-0.15, -0.1) is 0 Å². The van der Waals surface area contributed by atoms with Gasteiger partial charge in [0.15, 0.2) is 0 Å². The minimum atomic E-state index is -0.277. The monoisotopic (exact) mass is 250 g/mol. The molecule has 1 spiro atoms. The molecule has 4 rings (SSSR count). The zero-order valence-electron chi connectivity index (χ0n) is 11.4. The van der Waals surface area contributed by atoms with Crippen LogP contribution in [0.15, 0.2) is 0 Å². The summed E-state index contributed by atoms with van der Waals surface area (Å²) in [5.41, 5.74) is -0.280. The Morgan fingerprint density at radius 1 is 1.17 bits per heavy atom. The second kappa shape index (κ2) is 3.12. The van der Waals surface area contributed by atoms with Crippen LogP contribution in [0.25, 0.3) is 0 Å². The second-order valence-electron chi connectivity index (χ2n) is 7.18. The largest absolute Gasteiger partial charge is 0.455 e. The topological polar surface area (TPSA) is 38.8 Å². The Balaban J connectivity index is 1.81. The van der Waals surface area contributed by atoms with E-state index in [1.165, 1.54) is 6.42 Å². The summed E-state index contributed by atoms with van der Waals surface area (Å²) in [6.45, 7) is 6.56. The molecule has 3 nitrogen and oxygen atoms in total. The number of hydrogen-bond acceptors (Lipinski definition) is 3. The number of esters is 1. The maximum atomic E-state index is 12.1. The van der Waals surface area contributed by atoms with Crippen molar-refractivity contribution in [3.63, 3.8) is 0 Å². The Kier molecular flexibility index (Phi) is 1.95. The van der Waals surface area contributed by atoms with E-state index >= 15 is 0 Å². The van der Waals surface area contributed by atoms with Crippen LogP contribution in [-0.2, 0) is 14.3 Å². The van der Waals surface area contributed by atoms with Crippen LogP contribution in [0.1, 0.15) is 46.5 Å². The molecule has 2 saturated carbocycles. The predicted octanol–water partition coefficient (Wildman–Crippen LogP) is 2.53. The summed E-state index contributed by atoms with van der Waals surface area (Å²) in [5.74, 6) is 1.64. The number of ether oxygens (including phenoxy) is 2. The van der Waals surface area contributed by atoms with Gasteiger partial charge < -0.3 is 9.47 Å². The summed E-state index contributed by atoms with van der Waals surface area (Å²) in [6.07, 6.45) is 4.82. The first kappa shape index (κ1) is 11.3. The highest BCUT2D eigenvalue weighted by Gasteiger charge is 2.76. The summed E-state index contributed by atoms with van der Waals surface area (Å²) >= 11 is 0. The highest BCUT2D eigenvalue weighted by Crippen LogP contribution is 2.66. The van der Waals surface area contributed by atoms with E-state index in [4.69, 9.17) is 9.47 Å². The number of fused-ring (bicyclic) bond motifs is 1. The first-order chi connectivity index (χ1) is 8.49. The van der Waals surface area contributed by atoms with Gasteiger partial charge in [0.05, 0.1) is 11.5 Å². The zero-order valence-corrected chi connectivity index (χ0v) is 11.4. The lowest BCUT2D eigenvalue weighted by Gasteiger charge is -2.49. The molecule has 0 aromatic rings. The second-order valence-corrected chi connectivity index (χ2v) is 7.18. The van der Waals surface area contributed by atoms with Crippen LogP contribution in [0, 0.1) is 23.7 Å². The van der Waals surface area contributed by atoms with Gasteiger partial charge in [0.25, 0.3) is 0 Å². The number of epoxide rings is 1. The standard InChI is InChI=1S/C15H22O3/c1-8-4-5-11-9(2)12(16)17-15(11)10(8)6-7-14(3)13(15)18-14/h8-11,13H,4-7H2,1-3H3/t8-,9-,10+,11+,13-,14-,15+/m1/s1. The number of carbonyl (C=O) groups is 1. The molecule has 100 valence electrons. The minimum absolute atomic E-state index is 0.00382. The van der Waals surface area contributed by atoms with Gasteiger partial charge in [-0.3, -0.25) is 4.79 Å². The fraction of sp³-hybridized carbons (Fsp3) is 0.933. The molecular formula is C15H22O3. The molecule has 2 heterocycles. The summed E-state index contributed by atoms with van der Waals surface area (Å²) < 4.78 is 12.0. The van der Waals surface area contributed by atoms with Crippen LogP contribution in [0.3, 0.4) is 0 Å². The van der Waals surface area contributed by atoms with Crippen LogP contribution in [0.5, 0.6) is 0 Å². The van der Waals surface area contributed by atoms with Gasteiger partial charge in [0, 0.05) is 11.8 Å². The molecule has 4 aliphatic rings. The van der Waals surface area contributed by atoms with E-state index < -0.39 is 0 Å². The molecule has 0 bridgehead atoms. The first-order valence-corrected chi connectivity index (χ1v) is 7.40. The molecule has 3 heteroatoms. The normalized spacial score (nSPS) is 61.5. The van der Waals surface area contributed by atoms with Gasteiger partial charge in [0.2, 0.25) is 0 Å². The van der Waals surface area contributed by atoms with Gasteiger partial charge >= 0.3 is 5.97 Å². The van der Waals surface area contributed by atoms with Crippen LogP contribution < -0.4 is 0 Å².